The number of benzene rings is 2. The largest absolute Gasteiger partial charge is 0.507 e. The summed E-state index contributed by atoms with van der Waals surface area (Å²) < 4.78 is 0. The highest BCUT2D eigenvalue weighted by Crippen LogP contribution is 2.41. The summed E-state index contributed by atoms with van der Waals surface area (Å²) in [5.41, 5.74) is 0.385. The number of aromatic amines is 1. The lowest BCUT2D eigenvalue weighted by atomic mass is 9.99. The number of phenols is 4. The van der Waals surface area contributed by atoms with Gasteiger partial charge in [-0.1, -0.05) is 6.07 Å². The van der Waals surface area contributed by atoms with Gasteiger partial charge in [-0.3, -0.25) is 4.79 Å². The average molecular weight is 285 g/mol. The van der Waals surface area contributed by atoms with Crippen LogP contribution in [0.25, 0.3) is 21.9 Å². The Kier molecular flexibility index (Phi) is 2.72. The van der Waals surface area contributed by atoms with E-state index in [1.807, 2.05) is 0 Å². The lowest BCUT2D eigenvalue weighted by Crippen LogP contribution is -2.05. The van der Waals surface area contributed by atoms with E-state index in [1.165, 1.54) is 24.4 Å². The van der Waals surface area contributed by atoms with Crippen LogP contribution in [0.2, 0.25) is 0 Å². The molecule has 0 unspecified atom stereocenters. The lowest BCUT2D eigenvalue weighted by molar-refractivity contribution is 0.368. The SMILES string of the molecule is O=c1[nH]cc(-c2cc(O)c(O)c(O)c2)c2c(O)cccc12. The normalized spacial score (nSPS) is 10.9. The number of H-pyrrole nitrogens is 1. The van der Waals surface area contributed by atoms with Crippen LogP contribution in [0.5, 0.6) is 23.0 Å². The number of hydrogen-bond donors (Lipinski definition) is 5. The van der Waals surface area contributed by atoms with Gasteiger partial charge in [-0.2, -0.15) is 0 Å². The van der Waals surface area contributed by atoms with Gasteiger partial charge in [0.1, 0.15) is 5.75 Å². The average Bonchev–Trinajstić information content (AvgIpc) is 2.45. The van der Waals surface area contributed by atoms with Gasteiger partial charge in [-0.05, 0) is 29.8 Å². The van der Waals surface area contributed by atoms with Crippen molar-refractivity contribution < 1.29 is 20.4 Å². The Morgan fingerprint density at radius 2 is 1.57 bits per heavy atom. The van der Waals surface area contributed by atoms with Crippen LogP contribution in [0.15, 0.2) is 41.3 Å². The maximum atomic E-state index is 11.8. The Morgan fingerprint density at radius 3 is 2.24 bits per heavy atom. The first kappa shape index (κ1) is 12.9. The zero-order valence-electron chi connectivity index (χ0n) is 10.7. The van der Waals surface area contributed by atoms with Crippen LogP contribution in [0.1, 0.15) is 0 Å². The number of phenolic OH excluding ortho intramolecular Hbond substituents is 4. The third kappa shape index (κ3) is 1.93. The smallest absolute Gasteiger partial charge is 0.255 e. The molecule has 0 amide bonds. The lowest BCUT2D eigenvalue weighted by Gasteiger charge is -2.10. The van der Waals surface area contributed by atoms with Gasteiger partial charge in [0, 0.05) is 17.1 Å². The molecule has 2 aromatic carbocycles. The van der Waals surface area contributed by atoms with Gasteiger partial charge in [0.15, 0.2) is 17.2 Å². The van der Waals surface area contributed by atoms with Crippen LogP contribution in [-0.2, 0) is 0 Å². The van der Waals surface area contributed by atoms with E-state index in [-0.39, 0.29) is 16.7 Å². The van der Waals surface area contributed by atoms with Gasteiger partial charge in [0.05, 0.1) is 5.39 Å². The number of fused-ring (bicyclic) bond motifs is 1. The molecule has 6 nitrogen and oxygen atoms in total. The Hall–Kier alpha value is -3.15. The van der Waals surface area contributed by atoms with Crippen molar-refractivity contribution in [3.05, 3.63) is 46.9 Å². The zero-order chi connectivity index (χ0) is 15.1. The van der Waals surface area contributed by atoms with E-state index in [0.29, 0.717) is 16.5 Å². The molecule has 0 saturated heterocycles. The van der Waals surface area contributed by atoms with E-state index in [2.05, 4.69) is 4.98 Å². The van der Waals surface area contributed by atoms with Crippen molar-refractivity contribution in [2.24, 2.45) is 0 Å². The predicted octanol–water partition coefficient (Wildman–Crippen LogP) is 2.02. The molecule has 3 aromatic rings. The molecular formula is C15H11NO5. The van der Waals surface area contributed by atoms with Crippen LogP contribution in [0.4, 0.5) is 0 Å². The maximum absolute atomic E-state index is 11.8. The summed E-state index contributed by atoms with van der Waals surface area (Å²) in [5, 5.41) is 39.1. The molecular weight excluding hydrogens is 274 g/mol. The summed E-state index contributed by atoms with van der Waals surface area (Å²) in [6.07, 6.45) is 1.37. The van der Waals surface area contributed by atoms with Crippen molar-refractivity contribution in [1.29, 1.82) is 0 Å². The van der Waals surface area contributed by atoms with Gasteiger partial charge in [0.2, 0.25) is 0 Å². The van der Waals surface area contributed by atoms with Crippen LogP contribution in [0.3, 0.4) is 0 Å². The Bertz CT molecular complexity index is 891. The fourth-order valence-corrected chi connectivity index (χ4v) is 2.29. The third-order valence-corrected chi connectivity index (χ3v) is 3.28. The molecule has 1 heterocycles. The molecule has 0 atom stereocenters. The molecule has 21 heavy (non-hydrogen) atoms. The van der Waals surface area contributed by atoms with Crippen molar-refractivity contribution in [3.8, 4) is 34.1 Å². The van der Waals surface area contributed by atoms with Gasteiger partial charge in [-0.15, -0.1) is 0 Å². The minimum absolute atomic E-state index is 0.0966. The van der Waals surface area contributed by atoms with Crippen LogP contribution >= 0.6 is 0 Å². The summed E-state index contributed by atoms with van der Waals surface area (Å²) in [5.74, 6) is -1.73. The van der Waals surface area contributed by atoms with Crippen molar-refractivity contribution in [2.45, 2.75) is 0 Å². The highest BCUT2D eigenvalue weighted by molar-refractivity contribution is 6.00. The molecule has 106 valence electrons. The summed E-state index contributed by atoms with van der Waals surface area (Å²) in [4.78, 5) is 14.3. The summed E-state index contributed by atoms with van der Waals surface area (Å²) >= 11 is 0. The fraction of sp³-hybridized carbons (Fsp3) is 0. The molecule has 0 spiro atoms. The molecule has 6 heteroatoms. The van der Waals surface area contributed by atoms with Crippen molar-refractivity contribution >= 4 is 10.8 Å². The first-order valence-electron chi connectivity index (χ1n) is 6.07. The number of aromatic hydroxyl groups is 4. The number of hydrogen-bond acceptors (Lipinski definition) is 5. The number of nitrogens with one attached hydrogen (secondary N) is 1. The topological polar surface area (TPSA) is 114 Å². The molecule has 0 aliphatic rings. The van der Waals surface area contributed by atoms with E-state index in [4.69, 9.17) is 0 Å². The molecule has 1 aromatic heterocycles. The van der Waals surface area contributed by atoms with Gasteiger partial charge < -0.3 is 25.4 Å². The summed E-state index contributed by atoms with van der Waals surface area (Å²) in [6, 6.07) is 6.99. The van der Waals surface area contributed by atoms with Crippen molar-refractivity contribution in [1.82, 2.24) is 4.98 Å². The van der Waals surface area contributed by atoms with E-state index < -0.39 is 17.2 Å². The predicted molar refractivity (Wildman–Crippen MR) is 76.7 cm³/mol. The molecule has 0 aliphatic carbocycles. The second kappa shape index (κ2) is 4.45. The molecule has 0 radical (unpaired) electrons. The highest BCUT2D eigenvalue weighted by Gasteiger charge is 2.14. The quantitative estimate of drug-likeness (QED) is 0.439. The van der Waals surface area contributed by atoms with Gasteiger partial charge in [-0.25, -0.2) is 0 Å². The fourth-order valence-electron chi connectivity index (χ4n) is 2.29. The van der Waals surface area contributed by atoms with E-state index in [1.54, 1.807) is 12.1 Å². The van der Waals surface area contributed by atoms with Gasteiger partial charge in [0.25, 0.3) is 5.56 Å². The Balaban J connectivity index is 2.41. The molecule has 0 saturated carbocycles. The van der Waals surface area contributed by atoms with E-state index in [0.717, 1.165) is 0 Å². The second-order valence-corrected chi connectivity index (χ2v) is 4.59. The molecule has 0 fully saturated rings. The van der Waals surface area contributed by atoms with Crippen LogP contribution in [-0.4, -0.2) is 25.4 Å². The monoisotopic (exact) mass is 285 g/mol. The Labute approximate surface area is 118 Å². The third-order valence-electron chi connectivity index (χ3n) is 3.28. The minimum atomic E-state index is -0.628. The number of pyridine rings is 1. The van der Waals surface area contributed by atoms with Crippen LogP contribution in [0, 0.1) is 0 Å². The zero-order valence-corrected chi connectivity index (χ0v) is 10.7. The number of rotatable bonds is 1. The number of aromatic nitrogens is 1. The van der Waals surface area contributed by atoms with E-state index in [9.17, 15) is 25.2 Å². The molecule has 5 N–H and O–H groups in total. The standard InChI is InChI=1S/C15H11NO5/c17-10-3-1-2-8-13(10)9(6-16-15(8)21)7-4-11(18)14(20)12(19)5-7/h1-6,17-20H,(H,16,21). The minimum Gasteiger partial charge on any atom is -0.507 e. The Morgan fingerprint density at radius 1 is 0.905 bits per heavy atom. The first-order chi connectivity index (χ1) is 9.99. The first-order valence-corrected chi connectivity index (χ1v) is 6.07. The summed E-state index contributed by atoms with van der Waals surface area (Å²) in [6.45, 7) is 0. The molecule has 3 rings (SSSR count). The second-order valence-electron chi connectivity index (χ2n) is 4.59. The maximum Gasteiger partial charge on any atom is 0.255 e. The van der Waals surface area contributed by atoms with Gasteiger partial charge >= 0.3 is 0 Å². The summed E-state index contributed by atoms with van der Waals surface area (Å²) in [7, 11) is 0. The molecule has 0 aliphatic heterocycles. The van der Waals surface area contributed by atoms with Crippen molar-refractivity contribution in [3.63, 3.8) is 0 Å². The van der Waals surface area contributed by atoms with E-state index >= 15 is 0 Å². The molecule has 0 bridgehead atoms. The van der Waals surface area contributed by atoms with Crippen LogP contribution < -0.4 is 5.56 Å². The highest BCUT2D eigenvalue weighted by atomic mass is 16.3. The van der Waals surface area contributed by atoms with Crippen molar-refractivity contribution in [2.75, 3.05) is 0 Å².